The zero-order valence-electron chi connectivity index (χ0n) is 8.03. The Bertz CT molecular complexity index is 192. The first-order valence-corrected chi connectivity index (χ1v) is 4.86. The van der Waals surface area contributed by atoms with Gasteiger partial charge in [0.25, 0.3) is 0 Å². The standard InChI is InChI=1S/C10H18N2/c1-3-5-6-10(4-2)12-8-7-11-9-12/h7-10H,3-6H2,1-2H3. The SMILES string of the molecule is CCCCC(CC)n1ccnc1. The summed E-state index contributed by atoms with van der Waals surface area (Å²) < 4.78 is 2.22. The quantitative estimate of drug-likeness (QED) is 0.657. The summed E-state index contributed by atoms with van der Waals surface area (Å²) in [6.45, 7) is 4.47. The van der Waals surface area contributed by atoms with Gasteiger partial charge in [0.15, 0.2) is 0 Å². The van der Waals surface area contributed by atoms with Gasteiger partial charge in [-0.3, -0.25) is 0 Å². The molecule has 0 radical (unpaired) electrons. The number of hydrogen-bond donors (Lipinski definition) is 0. The molecule has 0 aliphatic rings. The fraction of sp³-hybridized carbons (Fsp3) is 0.700. The van der Waals surface area contributed by atoms with Crippen LogP contribution in [0.5, 0.6) is 0 Å². The molecule has 0 aromatic carbocycles. The van der Waals surface area contributed by atoms with E-state index in [9.17, 15) is 0 Å². The van der Waals surface area contributed by atoms with Crippen LogP contribution in [0.25, 0.3) is 0 Å². The Balaban J connectivity index is 2.45. The van der Waals surface area contributed by atoms with Crippen LogP contribution in [0.3, 0.4) is 0 Å². The number of hydrogen-bond acceptors (Lipinski definition) is 1. The molecule has 0 fully saturated rings. The lowest BCUT2D eigenvalue weighted by Gasteiger charge is -2.15. The van der Waals surface area contributed by atoms with Gasteiger partial charge >= 0.3 is 0 Å². The monoisotopic (exact) mass is 166 g/mol. The van der Waals surface area contributed by atoms with Gasteiger partial charge in [-0.1, -0.05) is 26.7 Å². The lowest BCUT2D eigenvalue weighted by Crippen LogP contribution is -2.05. The van der Waals surface area contributed by atoms with E-state index in [1.165, 1.54) is 25.7 Å². The first-order chi connectivity index (χ1) is 5.88. The van der Waals surface area contributed by atoms with Crippen LogP contribution in [0, 0.1) is 0 Å². The molecule has 0 amide bonds. The van der Waals surface area contributed by atoms with Crippen molar-refractivity contribution >= 4 is 0 Å². The number of nitrogens with zero attached hydrogens (tertiary/aromatic N) is 2. The van der Waals surface area contributed by atoms with Crippen LogP contribution in [0.2, 0.25) is 0 Å². The van der Waals surface area contributed by atoms with Gasteiger partial charge in [-0.2, -0.15) is 0 Å². The molecule has 12 heavy (non-hydrogen) atoms. The number of imidazole rings is 1. The summed E-state index contributed by atoms with van der Waals surface area (Å²) in [5.41, 5.74) is 0. The molecular weight excluding hydrogens is 148 g/mol. The summed E-state index contributed by atoms with van der Waals surface area (Å²) in [4.78, 5) is 4.06. The van der Waals surface area contributed by atoms with Gasteiger partial charge in [-0.25, -0.2) is 4.98 Å². The van der Waals surface area contributed by atoms with Crippen LogP contribution in [0.1, 0.15) is 45.6 Å². The third kappa shape index (κ3) is 2.36. The molecule has 0 saturated heterocycles. The fourth-order valence-corrected chi connectivity index (χ4v) is 1.49. The van der Waals surface area contributed by atoms with Crippen LogP contribution in [-0.2, 0) is 0 Å². The molecule has 0 aliphatic heterocycles. The van der Waals surface area contributed by atoms with Crippen molar-refractivity contribution in [2.75, 3.05) is 0 Å². The topological polar surface area (TPSA) is 17.8 Å². The van der Waals surface area contributed by atoms with E-state index in [1.54, 1.807) is 0 Å². The minimum absolute atomic E-state index is 0.660. The van der Waals surface area contributed by atoms with Gasteiger partial charge in [0.1, 0.15) is 0 Å². The van der Waals surface area contributed by atoms with Crippen molar-refractivity contribution in [2.24, 2.45) is 0 Å². The van der Waals surface area contributed by atoms with Crippen molar-refractivity contribution in [1.82, 2.24) is 9.55 Å². The molecule has 0 saturated carbocycles. The van der Waals surface area contributed by atoms with Crippen molar-refractivity contribution in [3.05, 3.63) is 18.7 Å². The second-order valence-electron chi connectivity index (χ2n) is 3.21. The number of aromatic nitrogens is 2. The third-order valence-electron chi connectivity index (χ3n) is 2.31. The van der Waals surface area contributed by atoms with Crippen molar-refractivity contribution < 1.29 is 0 Å². The average Bonchev–Trinajstić information content (AvgIpc) is 2.59. The van der Waals surface area contributed by atoms with E-state index in [1.807, 2.05) is 12.5 Å². The van der Waals surface area contributed by atoms with Gasteiger partial charge in [-0.15, -0.1) is 0 Å². The molecule has 2 nitrogen and oxygen atoms in total. The Morgan fingerprint density at radius 2 is 2.25 bits per heavy atom. The smallest absolute Gasteiger partial charge is 0.0948 e. The van der Waals surface area contributed by atoms with Crippen LogP contribution in [0.15, 0.2) is 18.7 Å². The maximum Gasteiger partial charge on any atom is 0.0948 e. The third-order valence-corrected chi connectivity index (χ3v) is 2.31. The van der Waals surface area contributed by atoms with Gasteiger partial charge in [-0.05, 0) is 12.8 Å². The molecule has 0 bridgehead atoms. The molecular formula is C10H18N2. The van der Waals surface area contributed by atoms with Crippen LogP contribution in [0.4, 0.5) is 0 Å². The normalized spacial score (nSPS) is 13.2. The maximum absolute atomic E-state index is 4.06. The zero-order chi connectivity index (χ0) is 8.81. The Morgan fingerprint density at radius 1 is 1.42 bits per heavy atom. The van der Waals surface area contributed by atoms with Crippen molar-refractivity contribution in [3.63, 3.8) is 0 Å². The molecule has 68 valence electrons. The van der Waals surface area contributed by atoms with E-state index in [4.69, 9.17) is 0 Å². The Hall–Kier alpha value is -0.790. The van der Waals surface area contributed by atoms with Crippen LogP contribution < -0.4 is 0 Å². The Kier molecular flexibility index (Phi) is 3.85. The molecule has 0 aliphatic carbocycles. The highest BCUT2D eigenvalue weighted by molar-refractivity contribution is 4.79. The predicted octanol–water partition coefficient (Wildman–Crippen LogP) is 3.02. The highest BCUT2D eigenvalue weighted by Gasteiger charge is 2.05. The molecule has 0 spiro atoms. The largest absolute Gasteiger partial charge is 0.334 e. The second-order valence-corrected chi connectivity index (χ2v) is 3.21. The van der Waals surface area contributed by atoms with E-state index < -0.39 is 0 Å². The van der Waals surface area contributed by atoms with E-state index in [0.717, 1.165) is 0 Å². The lowest BCUT2D eigenvalue weighted by atomic mass is 10.1. The molecule has 0 N–H and O–H groups in total. The van der Waals surface area contributed by atoms with E-state index in [2.05, 4.69) is 29.6 Å². The minimum Gasteiger partial charge on any atom is -0.334 e. The lowest BCUT2D eigenvalue weighted by molar-refractivity contribution is 0.436. The second kappa shape index (κ2) is 4.96. The van der Waals surface area contributed by atoms with E-state index in [-0.39, 0.29) is 0 Å². The summed E-state index contributed by atoms with van der Waals surface area (Å²) in [5, 5.41) is 0. The Labute approximate surface area is 74.6 Å². The Morgan fingerprint density at radius 3 is 2.75 bits per heavy atom. The molecule has 2 heteroatoms. The molecule has 1 aromatic rings. The minimum atomic E-state index is 0.660. The summed E-state index contributed by atoms with van der Waals surface area (Å²) in [6.07, 6.45) is 10.9. The summed E-state index contributed by atoms with van der Waals surface area (Å²) in [7, 11) is 0. The van der Waals surface area contributed by atoms with E-state index in [0.29, 0.717) is 6.04 Å². The van der Waals surface area contributed by atoms with Gasteiger partial charge in [0.05, 0.1) is 6.33 Å². The van der Waals surface area contributed by atoms with Gasteiger partial charge in [0.2, 0.25) is 0 Å². The first-order valence-electron chi connectivity index (χ1n) is 4.86. The van der Waals surface area contributed by atoms with Gasteiger partial charge < -0.3 is 4.57 Å². The summed E-state index contributed by atoms with van der Waals surface area (Å²) >= 11 is 0. The molecule has 1 aromatic heterocycles. The molecule has 1 atom stereocenters. The molecule has 1 heterocycles. The van der Waals surface area contributed by atoms with E-state index >= 15 is 0 Å². The van der Waals surface area contributed by atoms with Gasteiger partial charge in [0, 0.05) is 18.4 Å². The number of rotatable bonds is 5. The molecule has 1 rings (SSSR count). The predicted molar refractivity (Wildman–Crippen MR) is 51.1 cm³/mol. The van der Waals surface area contributed by atoms with Crippen molar-refractivity contribution in [3.8, 4) is 0 Å². The van der Waals surface area contributed by atoms with Crippen LogP contribution in [-0.4, -0.2) is 9.55 Å². The maximum atomic E-state index is 4.06. The zero-order valence-corrected chi connectivity index (χ0v) is 8.03. The van der Waals surface area contributed by atoms with Crippen molar-refractivity contribution in [1.29, 1.82) is 0 Å². The van der Waals surface area contributed by atoms with Crippen molar-refractivity contribution in [2.45, 2.75) is 45.6 Å². The highest BCUT2D eigenvalue weighted by atomic mass is 15.0. The average molecular weight is 166 g/mol. The summed E-state index contributed by atoms with van der Waals surface area (Å²) in [5.74, 6) is 0. The number of unbranched alkanes of at least 4 members (excludes halogenated alkanes) is 1. The first kappa shape index (κ1) is 9.30. The highest BCUT2D eigenvalue weighted by Crippen LogP contribution is 2.17. The van der Waals surface area contributed by atoms with Crippen LogP contribution >= 0.6 is 0 Å². The molecule has 1 unspecified atom stereocenters. The summed E-state index contributed by atoms with van der Waals surface area (Å²) in [6, 6.07) is 0.660. The fourth-order valence-electron chi connectivity index (χ4n) is 1.49.